The van der Waals surface area contributed by atoms with Crippen LogP contribution in [0.3, 0.4) is 0 Å². The van der Waals surface area contributed by atoms with E-state index in [2.05, 4.69) is 22.8 Å². The molecule has 1 aliphatic carbocycles. The number of rotatable bonds is 10. The Kier molecular flexibility index (Phi) is 7.45. The molecule has 0 aliphatic heterocycles. The quantitative estimate of drug-likeness (QED) is 0.410. The molecule has 1 atom stereocenters. The molecule has 32 heavy (non-hydrogen) atoms. The van der Waals surface area contributed by atoms with E-state index in [4.69, 9.17) is 19.7 Å². The third-order valence-corrected chi connectivity index (χ3v) is 5.30. The summed E-state index contributed by atoms with van der Waals surface area (Å²) in [5.41, 5.74) is 2.74. The van der Waals surface area contributed by atoms with Gasteiger partial charge in [-0.2, -0.15) is 0 Å². The smallest absolute Gasteiger partial charge is 0.407 e. The van der Waals surface area contributed by atoms with Crippen molar-refractivity contribution >= 4 is 18.0 Å². The van der Waals surface area contributed by atoms with E-state index < -0.39 is 36.7 Å². The number of hydrogen-bond donors (Lipinski definition) is 4. The number of carbonyl (C=O) groups excluding carboxylic acids is 2. The Morgan fingerprint density at radius 3 is 2.19 bits per heavy atom. The molecule has 0 bridgehead atoms. The first-order chi connectivity index (χ1) is 15.4. The van der Waals surface area contributed by atoms with Crippen LogP contribution in [-0.4, -0.2) is 66.7 Å². The molecule has 3 rings (SSSR count). The number of aliphatic hydroxyl groups is 1. The molecule has 0 saturated carbocycles. The van der Waals surface area contributed by atoms with Gasteiger partial charge in [-0.3, -0.25) is 4.79 Å². The number of carboxylic acid groups (broad SMARTS) is 1. The maximum Gasteiger partial charge on any atom is 0.407 e. The Bertz CT molecular complexity index is 948. The summed E-state index contributed by atoms with van der Waals surface area (Å²) in [5.74, 6) is -2.08. The van der Waals surface area contributed by atoms with Gasteiger partial charge in [0.25, 0.3) is 0 Å². The summed E-state index contributed by atoms with van der Waals surface area (Å²) < 4.78 is 10.5. The lowest BCUT2D eigenvalue weighted by molar-refractivity contribution is -0.149. The van der Waals surface area contributed by atoms with Crippen LogP contribution in [0.5, 0.6) is 0 Å². The number of fused-ring (bicyclic) bond motifs is 3. The van der Waals surface area contributed by atoms with Gasteiger partial charge in [0, 0.05) is 12.5 Å². The summed E-state index contributed by atoms with van der Waals surface area (Å²) >= 11 is 0. The summed E-state index contributed by atoms with van der Waals surface area (Å²) in [6.45, 7) is 0.358. The average Bonchev–Trinajstić information content (AvgIpc) is 3.11. The van der Waals surface area contributed by atoms with Crippen LogP contribution in [0.4, 0.5) is 4.79 Å². The summed E-state index contributed by atoms with van der Waals surface area (Å²) in [5, 5.41) is 22.9. The number of carboxylic acids is 1. The van der Waals surface area contributed by atoms with Crippen LogP contribution in [-0.2, 0) is 19.1 Å². The van der Waals surface area contributed by atoms with Crippen LogP contribution in [0.2, 0.25) is 0 Å². The van der Waals surface area contributed by atoms with Crippen LogP contribution >= 0.6 is 0 Å². The average molecular weight is 442 g/mol. The van der Waals surface area contributed by atoms with Crippen molar-refractivity contribution in [1.29, 1.82) is 0 Å². The van der Waals surface area contributed by atoms with Gasteiger partial charge in [0.2, 0.25) is 5.91 Å². The van der Waals surface area contributed by atoms with Crippen molar-refractivity contribution < 1.29 is 34.1 Å². The van der Waals surface area contributed by atoms with E-state index in [0.29, 0.717) is 0 Å². The highest BCUT2D eigenvalue weighted by Gasteiger charge is 2.34. The van der Waals surface area contributed by atoms with Gasteiger partial charge in [-0.1, -0.05) is 48.5 Å². The molecule has 9 nitrogen and oxygen atoms in total. The van der Waals surface area contributed by atoms with Crippen LogP contribution < -0.4 is 10.6 Å². The minimum Gasteiger partial charge on any atom is -0.479 e. The fraction of sp³-hybridized carbons (Fsp3) is 0.348. The van der Waals surface area contributed by atoms with Crippen LogP contribution in [0.25, 0.3) is 11.1 Å². The fourth-order valence-electron chi connectivity index (χ4n) is 3.54. The van der Waals surface area contributed by atoms with Gasteiger partial charge in [-0.05, 0) is 29.2 Å². The SMILES string of the molecule is CC(CO)(NC(=O)COCCNC(=O)OCC1c2ccccc2-c2ccccc21)C(=O)O. The normalized spacial score (nSPS) is 14.1. The highest BCUT2D eigenvalue weighted by molar-refractivity contribution is 5.87. The molecule has 0 spiro atoms. The van der Waals surface area contributed by atoms with Crippen molar-refractivity contribution in [3.63, 3.8) is 0 Å². The third-order valence-electron chi connectivity index (χ3n) is 5.30. The molecule has 2 amide bonds. The number of alkyl carbamates (subject to hydrolysis) is 1. The molecule has 1 aliphatic rings. The number of carbonyl (C=O) groups is 3. The lowest BCUT2D eigenvalue weighted by Gasteiger charge is -2.23. The number of aliphatic hydroxyl groups excluding tert-OH is 1. The van der Waals surface area contributed by atoms with E-state index in [0.717, 1.165) is 22.3 Å². The molecule has 0 fully saturated rings. The molecule has 1 unspecified atom stereocenters. The minimum atomic E-state index is -1.78. The molecule has 2 aromatic carbocycles. The molecule has 170 valence electrons. The number of ether oxygens (including phenoxy) is 2. The molecular weight excluding hydrogens is 416 g/mol. The van der Waals surface area contributed by atoms with Gasteiger partial charge in [0.15, 0.2) is 5.54 Å². The van der Waals surface area contributed by atoms with Gasteiger partial charge in [-0.15, -0.1) is 0 Å². The Balaban J connectivity index is 1.39. The standard InChI is InChI=1S/C23H26N2O7/c1-23(14-26,21(28)29)25-20(27)13-31-11-10-24-22(30)32-12-19-17-8-4-2-6-15(17)16-7-3-5-9-18(16)19/h2-9,19,26H,10-14H2,1H3,(H,24,30)(H,25,27)(H,28,29). The zero-order valence-corrected chi connectivity index (χ0v) is 17.7. The van der Waals surface area contributed by atoms with Gasteiger partial charge >= 0.3 is 12.1 Å². The lowest BCUT2D eigenvalue weighted by Crippen LogP contribution is -2.55. The summed E-state index contributed by atoms with van der Waals surface area (Å²) in [4.78, 5) is 34.9. The number of aliphatic carboxylic acids is 1. The highest BCUT2D eigenvalue weighted by Crippen LogP contribution is 2.44. The Morgan fingerprint density at radius 2 is 1.62 bits per heavy atom. The van der Waals surface area contributed by atoms with Crippen molar-refractivity contribution in [2.45, 2.75) is 18.4 Å². The van der Waals surface area contributed by atoms with Crippen molar-refractivity contribution in [3.8, 4) is 11.1 Å². The van der Waals surface area contributed by atoms with E-state index >= 15 is 0 Å². The minimum absolute atomic E-state index is 0.0283. The predicted molar refractivity (Wildman–Crippen MR) is 115 cm³/mol. The third kappa shape index (κ3) is 5.24. The maximum atomic E-state index is 12.1. The van der Waals surface area contributed by atoms with Crippen molar-refractivity contribution in [3.05, 3.63) is 59.7 Å². The monoisotopic (exact) mass is 442 g/mol. The van der Waals surface area contributed by atoms with Gasteiger partial charge in [0.1, 0.15) is 13.2 Å². The van der Waals surface area contributed by atoms with Gasteiger partial charge < -0.3 is 30.3 Å². The number of hydrogen-bond acceptors (Lipinski definition) is 6. The topological polar surface area (TPSA) is 134 Å². The first-order valence-electron chi connectivity index (χ1n) is 10.2. The molecule has 9 heteroatoms. The second kappa shape index (κ2) is 10.3. The van der Waals surface area contributed by atoms with E-state index in [-0.39, 0.29) is 25.7 Å². The zero-order valence-electron chi connectivity index (χ0n) is 17.7. The first-order valence-corrected chi connectivity index (χ1v) is 10.2. The largest absolute Gasteiger partial charge is 0.479 e. The number of amides is 2. The second-order valence-corrected chi connectivity index (χ2v) is 7.65. The lowest BCUT2D eigenvalue weighted by atomic mass is 9.98. The van der Waals surface area contributed by atoms with E-state index in [9.17, 15) is 14.4 Å². The maximum absolute atomic E-state index is 12.1. The number of benzene rings is 2. The zero-order chi connectivity index (χ0) is 23.1. The Hall–Kier alpha value is -3.43. The molecule has 2 aromatic rings. The molecule has 4 N–H and O–H groups in total. The molecule has 0 saturated heterocycles. The van der Waals surface area contributed by atoms with Crippen LogP contribution in [0.15, 0.2) is 48.5 Å². The summed E-state index contributed by atoms with van der Waals surface area (Å²) in [6.07, 6.45) is -0.598. The van der Waals surface area contributed by atoms with Crippen molar-refractivity contribution in [1.82, 2.24) is 10.6 Å². The van der Waals surface area contributed by atoms with Gasteiger partial charge in [0.05, 0.1) is 13.2 Å². The summed E-state index contributed by atoms with van der Waals surface area (Å²) in [7, 11) is 0. The molecular formula is C23H26N2O7. The van der Waals surface area contributed by atoms with Crippen LogP contribution in [0.1, 0.15) is 24.0 Å². The molecule has 0 radical (unpaired) electrons. The molecule has 0 aromatic heterocycles. The summed E-state index contributed by atoms with van der Waals surface area (Å²) in [6, 6.07) is 16.1. The van der Waals surface area contributed by atoms with Crippen LogP contribution in [0, 0.1) is 0 Å². The second-order valence-electron chi connectivity index (χ2n) is 7.65. The highest BCUT2D eigenvalue weighted by atomic mass is 16.5. The van der Waals surface area contributed by atoms with Crippen molar-refractivity contribution in [2.75, 3.05) is 33.0 Å². The fourth-order valence-corrected chi connectivity index (χ4v) is 3.54. The number of nitrogens with one attached hydrogen (secondary N) is 2. The van der Waals surface area contributed by atoms with E-state index in [1.54, 1.807) is 0 Å². The predicted octanol–water partition coefficient (Wildman–Crippen LogP) is 1.49. The Labute approximate surface area is 185 Å². The van der Waals surface area contributed by atoms with Crippen molar-refractivity contribution in [2.24, 2.45) is 0 Å². The molecule has 0 heterocycles. The van der Waals surface area contributed by atoms with E-state index in [1.807, 2.05) is 36.4 Å². The van der Waals surface area contributed by atoms with Gasteiger partial charge in [-0.25, -0.2) is 9.59 Å². The first kappa shape index (κ1) is 23.2. The Morgan fingerprint density at radius 1 is 1.03 bits per heavy atom. The van der Waals surface area contributed by atoms with E-state index in [1.165, 1.54) is 6.92 Å².